The first-order valence-electron chi connectivity index (χ1n) is 7.50. The van der Waals surface area contributed by atoms with Crippen LogP contribution in [0.1, 0.15) is 28.8 Å². The van der Waals surface area contributed by atoms with Crippen LogP contribution in [0.3, 0.4) is 0 Å². The number of aryl methyl sites for hydroxylation is 1. The van der Waals surface area contributed by atoms with E-state index in [1.165, 1.54) is 28.3 Å². The predicted octanol–water partition coefficient (Wildman–Crippen LogP) is 6.30. The minimum Gasteiger partial charge on any atom is -0.0839 e. The molecular weight excluding hydrogens is 320 g/mol. The maximum atomic E-state index is 3.81. The van der Waals surface area contributed by atoms with Crippen LogP contribution in [0.5, 0.6) is 0 Å². The van der Waals surface area contributed by atoms with Crippen LogP contribution in [0.2, 0.25) is 0 Å². The highest BCUT2D eigenvalue weighted by Gasteiger charge is 2.07. The molecule has 3 aromatic rings. The number of benzene rings is 3. The molecule has 0 radical (unpaired) electrons. The normalized spacial score (nSPS) is 12.4. The van der Waals surface area contributed by atoms with Crippen LogP contribution in [0.15, 0.2) is 72.8 Å². The van der Waals surface area contributed by atoms with Gasteiger partial charge in [0.1, 0.15) is 0 Å². The lowest BCUT2D eigenvalue weighted by atomic mass is 9.99. The molecular formula is C20H19Br. The molecule has 1 atom stereocenters. The highest BCUT2D eigenvalue weighted by Crippen LogP contribution is 2.29. The lowest BCUT2D eigenvalue weighted by Gasteiger charge is -2.11. The van der Waals surface area contributed by atoms with Gasteiger partial charge in [0.25, 0.3) is 0 Å². The van der Waals surface area contributed by atoms with Crippen LogP contribution >= 0.6 is 15.9 Å². The molecule has 0 aromatic heterocycles. The van der Waals surface area contributed by atoms with Crippen molar-refractivity contribution in [2.75, 3.05) is 0 Å². The molecule has 0 aliphatic carbocycles. The van der Waals surface area contributed by atoms with Crippen molar-refractivity contribution < 1.29 is 0 Å². The van der Waals surface area contributed by atoms with Crippen molar-refractivity contribution in [2.45, 2.75) is 24.1 Å². The molecule has 0 spiro atoms. The van der Waals surface area contributed by atoms with E-state index in [2.05, 4.69) is 88.7 Å². The van der Waals surface area contributed by atoms with Crippen molar-refractivity contribution >= 4 is 26.7 Å². The van der Waals surface area contributed by atoms with Gasteiger partial charge in [-0.05, 0) is 41.2 Å². The van der Waals surface area contributed by atoms with Crippen LogP contribution in [-0.4, -0.2) is 0 Å². The standard InChI is InChI=1S/C20H19Br/c21-20(18-9-2-1-3-10-18)15-7-13-17-12-6-11-16-8-4-5-14-19(16)17/h1-6,8-12,14,20H,7,13,15H2. The number of hydrogen-bond donors (Lipinski definition) is 0. The number of rotatable bonds is 5. The summed E-state index contributed by atoms with van der Waals surface area (Å²) in [6.07, 6.45) is 3.49. The molecule has 0 saturated heterocycles. The van der Waals surface area contributed by atoms with Gasteiger partial charge in [0.15, 0.2) is 0 Å². The third-order valence-corrected chi connectivity index (χ3v) is 4.93. The first kappa shape index (κ1) is 14.3. The van der Waals surface area contributed by atoms with Crippen molar-refractivity contribution in [2.24, 2.45) is 0 Å². The van der Waals surface area contributed by atoms with Gasteiger partial charge in [-0.2, -0.15) is 0 Å². The third kappa shape index (κ3) is 3.54. The Balaban J connectivity index is 1.65. The Hall–Kier alpha value is -1.60. The summed E-state index contributed by atoms with van der Waals surface area (Å²) in [6.45, 7) is 0. The van der Waals surface area contributed by atoms with Crippen LogP contribution in [0, 0.1) is 0 Å². The fourth-order valence-electron chi connectivity index (χ4n) is 2.81. The second kappa shape index (κ2) is 6.91. The maximum Gasteiger partial charge on any atom is 0.0395 e. The zero-order chi connectivity index (χ0) is 14.5. The van der Waals surface area contributed by atoms with E-state index in [1.54, 1.807) is 0 Å². The Bertz CT molecular complexity index is 698. The molecule has 0 nitrogen and oxygen atoms in total. The van der Waals surface area contributed by atoms with Gasteiger partial charge in [-0.15, -0.1) is 0 Å². The van der Waals surface area contributed by atoms with Gasteiger partial charge in [-0.3, -0.25) is 0 Å². The fraction of sp³-hybridized carbons (Fsp3) is 0.200. The quantitative estimate of drug-likeness (QED) is 0.479. The zero-order valence-electron chi connectivity index (χ0n) is 12.0. The van der Waals surface area contributed by atoms with Gasteiger partial charge in [-0.1, -0.05) is 88.7 Å². The molecule has 0 N–H and O–H groups in total. The molecule has 21 heavy (non-hydrogen) atoms. The molecule has 3 rings (SSSR count). The van der Waals surface area contributed by atoms with E-state index in [-0.39, 0.29) is 0 Å². The summed E-state index contributed by atoms with van der Waals surface area (Å²) in [5.41, 5.74) is 2.83. The van der Waals surface area contributed by atoms with Gasteiger partial charge < -0.3 is 0 Å². The minimum absolute atomic E-state index is 0.452. The van der Waals surface area contributed by atoms with E-state index in [1.807, 2.05) is 0 Å². The number of hydrogen-bond acceptors (Lipinski definition) is 0. The van der Waals surface area contributed by atoms with Crippen LogP contribution in [-0.2, 0) is 6.42 Å². The first-order chi connectivity index (χ1) is 10.3. The Morgan fingerprint density at radius 1 is 0.762 bits per heavy atom. The van der Waals surface area contributed by atoms with Crippen molar-refractivity contribution in [3.05, 3.63) is 83.9 Å². The molecule has 0 bridgehead atoms. The van der Waals surface area contributed by atoms with Crippen LogP contribution in [0.25, 0.3) is 10.8 Å². The Kier molecular flexibility index (Phi) is 4.72. The van der Waals surface area contributed by atoms with Gasteiger partial charge >= 0.3 is 0 Å². The van der Waals surface area contributed by atoms with Gasteiger partial charge in [-0.25, -0.2) is 0 Å². The number of fused-ring (bicyclic) bond motifs is 1. The van der Waals surface area contributed by atoms with E-state index in [0.717, 1.165) is 12.8 Å². The lowest BCUT2D eigenvalue weighted by Crippen LogP contribution is -1.93. The maximum absolute atomic E-state index is 3.81. The Morgan fingerprint density at radius 2 is 1.48 bits per heavy atom. The van der Waals surface area contributed by atoms with E-state index < -0.39 is 0 Å². The van der Waals surface area contributed by atoms with Crippen molar-refractivity contribution in [3.63, 3.8) is 0 Å². The van der Waals surface area contributed by atoms with Gasteiger partial charge in [0.2, 0.25) is 0 Å². The highest BCUT2D eigenvalue weighted by atomic mass is 79.9. The summed E-state index contributed by atoms with van der Waals surface area (Å²) in [6, 6.07) is 25.9. The summed E-state index contributed by atoms with van der Waals surface area (Å²) in [4.78, 5) is 0.452. The van der Waals surface area contributed by atoms with E-state index in [4.69, 9.17) is 0 Å². The van der Waals surface area contributed by atoms with E-state index >= 15 is 0 Å². The molecule has 1 unspecified atom stereocenters. The highest BCUT2D eigenvalue weighted by molar-refractivity contribution is 9.09. The molecule has 0 aliphatic heterocycles. The molecule has 0 heterocycles. The topological polar surface area (TPSA) is 0 Å². The summed E-state index contributed by atoms with van der Waals surface area (Å²) < 4.78 is 0. The summed E-state index contributed by atoms with van der Waals surface area (Å²) in [7, 11) is 0. The lowest BCUT2D eigenvalue weighted by molar-refractivity contribution is 0.732. The van der Waals surface area contributed by atoms with Crippen LogP contribution in [0.4, 0.5) is 0 Å². The summed E-state index contributed by atoms with van der Waals surface area (Å²) >= 11 is 3.81. The van der Waals surface area contributed by atoms with Crippen molar-refractivity contribution in [1.29, 1.82) is 0 Å². The second-order valence-corrected chi connectivity index (χ2v) is 6.51. The fourth-order valence-corrected chi connectivity index (χ4v) is 3.44. The smallest absolute Gasteiger partial charge is 0.0395 e. The second-order valence-electron chi connectivity index (χ2n) is 5.41. The molecule has 0 amide bonds. The van der Waals surface area contributed by atoms with Crippen molar-refractivity contribution in [1.82, 2.24) is 0 Å². The molecule has 0 saturated carbocycles. The largest absolute Gasteiger partial charge is 0.0839 e. The van der Waals surface area contributed by atoms with Gasteiger partial charge in [0.05, 0.1) is 0 Å². The van der Waals surface area contributed by atoms with Crippen LogP contribution < -0.4 is 0 Å². The molecule has 0 aliphatic rings. The third-order valence-electron chi connectivity index (χ3n) is 3.94. The number of halogens is 1. The molecule has 3 aromatic carbocycles. The number of alkyl halides is 1. The molecule has 1 heteroatoms. The summed E-state index contributed by atoms with van der Waals surface area (Å²) in [5, 5.41) is 2.74. The van der Waals surface area contributed by atoms with E-state index in [9.17, 15) is 0 Å². The first-order valence-corrected chi connectivity index (χ1v) is 8.42. The van der Waals surface area contributed by atoms with Crippen molar-refractivity contribution in [3.8, 4) is 0 Å². The SMILES string of the molecule is BrC(CCCc1cccc2ccccc12)c1ccccc1. The Labute approximate surface area is 134 Å². The molecule has 106 valence electrons. The average Bonchev–Trinajstić information content (AvgIpc) is 2.56. The minimum atomic E-state index is 0.452. The molecule has 0 fully saturated rings. The van der Waals surface area contributed by atoms with E-state index in [0.29, 0.717) is 4.83 Å². The Morgan fingerprint density at radius 3 is 2.33 bits per heavy atom. The van der Waals surface area contributed by atoms with Gasteiger partial charge in [0, 0.05) is 4.83 Å². The average molecular weight is 339 g/mol. The zero-order valence-corrected chi connectivity index (χ0v) is 13.6. The monoisotopic (exact) mass is 338 g/mol. The summed E-state index contributed by atoms with van der Waals surface area (Å²) in [5.74, 6) is 0. The predicted molar refractivity (Wildman–Crippen MR) is 95.0 cm³/mol.